The van der Waals surface area contributed by atoms with Gasteiger partial charge in [-0.2, -0.15) is 0 Å². The van der Waals surface area contributed by atoms with Crippen LogP contribution in [-0.2, 0) is 0 Å². The van der Waals surface area contributed by atoms with Crippen LogP contribution in [0.3, 0.4) is 0 Å². The Morgan fingerprint density at radius 3 is 2.71 bits per heavy atom. The Morgan fingerprint density at radius 1 is 1.33 bits per heavy atom. The molecule has 1 aromatic heterocycles. The van der Waals surface area contributed by atoms with Crippen molar-refractivity contribution < 1.29 is 4.42 Å². The van der Waals surface area contributed by atoms with Gasteiger partial charge in [0.15, 0.2) is 5.58 Å². The van der Waals surface area contributed by atoms with Crippen LogP contribution in [0.1, 0.15) is 20.3 Å². The van der Waals surface area contributed by atoms with Gasteiger partial charge < -0.3 is 15.1 Å². The Labute approximate surface area is 123 Å². The summed E-state index contributed by atoms with van der Waals surface area (Å²) in [6.07, 6.45) is 1.17. The van der Waals surface area contributed by atoms with E-state index in [1.165, 1.54) is 6.42 Å². The number of aromatic nitrogens is 1. The lowest BCUT2D eigenvalue weighted by Crippen LogP contribution is -2.49. The highest BCUT2D eigenvalue weighted by atomic mass is 16.4. The van der Waals surface area contributed by atoms with E-state index in [0.29, 0.717) is 22.8 Å². The predicted octanol–water partition coefficient (Wildman–Crippen LogP) is 1.62. The molecule has 1 unspecified atom stereocenters. The van der Waals surface area contributed by atoms with E-state index in [9.17, 15) is 4.79 Å². The fraction of sp³-hybridized carbons (Fsp3) is 0.533. The van der Waals surface area contributed by atoms with Crippen LogP contribution in [0.15, 0.2) is 21.3 Å². The molecule has 1 fully saturated rings. The van der Waals surface area contributed by atoms with Gasteiger partial charge in [-0.25, -0.2) is 4.79 Å². The number of hydrogen-bond acceptors (Lipinski definition) is 5. The third-order valence-corrected chi connectivity index (χ3v) is 4.44. The SMILES string of the molecule is CCC(C)N1CCN(c2cc3[nH]c(=O)oc3cc2N)CC1. The molecule has 21 heavy (non-hydrogen) atoms. The molecule has 0 spiro atoms. The van der Waals surface area contributed by atoms with E-state index in [1.807, 2.05) is 6.07 Å². The summed E-state index contributed by atoms with van der Waals surface area (Å²) in [6.45, 7) is 8.46. The lowest BCUT2D eigenvalue weighted by Gasteiger charge is -2.39. The maximum Gasteiger partial charge on any atom is 0.417 e. The molecule has 3 rings (SSSR count). The van der Waals surface area contributed by atoms with Crippen LogP contribution in [0.4, 0.5) is 11.4 Å². The van der Waals surface area contributed by atoms with Crippen molar-refractivity contribution in [3.63, 3.8) is 0 Å². The zero-order chi connectivity index (χ0) is 15.0. The van der Waals surface area contributed by atoms with E-state index in [4.69, 9.17) is 10.2 Å². The molecule has 1 aliphatic heterocycles. The number of anilines is 2. The highest BCUT2D eigenvalue weighted by Gasteiger charge is 2.22. The average molecular weight is 290 g/mol. The summed E-state index contributed by atoms with van der Waals surface area (Å²) in [5.41, 5.74) is 8.96. The molecule has 1 aliphatic rings. The van der Waals surface area contributed by atoms with Crippen LogP contribution in [0.5, 0.6) is 0 Å². The van der Waals surface area contributed by atoms with Crippen molar-refractivity contribution in [1.29, 1.82) is 0 Å². The number of oxazole rings is 1. The maximum absolute atomic E-state index is 11.3. The summed E-state index contributed by atoms with van der Waals surface area (Å²) >= 11 is 0. The standard InChI is InChI=1S/C15H22N4O2/c1-3-10(2)18-4-6-19(7-5-18)13-9-12-14(8-11(13)16)21-15(20)17-12/h8-10H,3-7,16H2,1-2H3,(H,17,20). The first kappa shape index (κ1) is 14.0. The molecule has 2 heterocycles. The average Bonchev–Trinajstić information content (AvgIpc) is 2.85. The molecule has 3 N–H and O–H groups in total. The van der Waals surface area contributed by atoms with Crippen molar-refractivity contribution in [1.82, 2.24) is 9.88 Å². The van der Waals surface area contributed by atoms with E-state index >= 15 is 0 Å². The fourth-order valence-electron chi connectivity index (χ4n) is 2.94. The number of piperazine rings is 1. The molecule has 1 saturated heterocycles. The van der Waals surface area contributed by atoms with Crippen molar-refractivity contribution in [2.75, 3.05) is 36.8 Å². The Kier molecular flexibility index (Phi) is 3.63. The molecular formula is C15H22N4O2. The van der Waals surface area contributed by atoms with Crippen molar-refractivity contribution in [3.05, 3.63) is 22.7 Å². The Hall–Kier alpha value is -1.95. The highest BCUT2D eigenvalue weighted by molar-refractivity contribution is 5.85. The smallest absolute Gasteiger partial charge is 0.408 e. The third kappa shape index (κ3) is 2.63. The largest absolute Gasteiger partial charge is 0.417 e. The van der Waals surface area contributed by atoms with Crippen LogP contribution in [0.2, 0.25) is 0 Å². The Balaban J connectivity index is 1.81. The second-order valence-corrected chi connectivity index (χ2v) is 5.70. The number of nitrogens with zero attached hydrogens (tertiary/aromatic N) is 2. The Bertz CT molecular complexity index is 683. The van der Waals surface area contributed by atoms with Gasteiger partial charge in [-0.15, -0.1) is 0 Å². The number of hydrogen-bond donors (Lipinski definition) is 2. The minimum Gasteiger partial charge on any atom is -0.408 e. The lowest BCUT2D eigenvalue weighted by atomic mass is 10.1. The van der Waals surface area contributed by atoms with Gasteiger partial charge in [0.2, 0.25) is 0 Å². The number of aromatic amines is 1. The van der Waals surface area contributed by atoms with Crippen molar-refractivity contribution in [2.45, 2.75) is 26.3 Å². The summed E-state index contributed by atoms with van der Waals surface area (Å²) < 4.78 is 5.04. The molecule has 0 aliphatic carbocycles. The minimum atomic E-state index is -0.442. The number of rotatable bonds is 3. The van der Waals surface area contributed by atoms with Gasteiger partial charge in [0, 0.05) is 38.3 Å². The number of fused-ring (bicyclic) bond motifs is 1. The van der Waals surface area contributed by atoms with E-state index in [1.54, 1.807) is 6.07 Å². The van der Waals surface area contributed by atoms with Crippen LogP contribution in [0, 0.1) is 0 Å². The summed E-state index contributed by atoms with van der Waals surface area (Å²) in [7, 11) is 0. The summed E-state index contributed by atoms with van der Waals surface area (Å²) in [5.74, 6) is -0.442. The topological polar surface area (TPSA) is 78.5 Å². The normalized spacial score (nSPS) is 18.3. The summed E-state index contributed by atoms with van der Waals surface area (Å²) in [4.78, 5) is 18.7. The number of nitrogens with one attached hydrogen (secondary N) is 1. The quantitative estimate of drug-likeness (QED) is 0.840. The van der Waals surface area contributed by atoms with E-state index in [2.05, 4.69) is 28.6 Å². The van der Waals surface area contributed by atoms with Crippen molar-refractivity contribution in [2.24, 2.45) is 0 Å². The monoisotopic (exact) mass is 290 g/mol. The molecule has 2 aromatic rings. The molecule has 0 bridgehead atoms. The molecule has 6 heteroatoms. The zero-order valence-corrected chi connectivity index (χ0v) is 12.6. The maximum atomic E-state index is 11.3. The lowest BCUT2D eigenvalue weighted by molar-refractivity contribution is 0.193. The molecule has 1 atom stereocenters. The number of H-pyrrole nitrogens is 1. The Morgan fingerprint density at radius 2 is 2.05 bits per heavy atom. The fourth-order valence-corrected chi connectivity index (χ4v) is 2.94. The van der Waals surface area contributed by atoms with Gasteiger partial charge in [-0.05, 0) is 19.4 Å². The van der Waals surface area contributed by atoms with E-state index in [0.717, 1.165) is 31.9 Å². The van der Waals surface area contributed by atoms with Crippen molar-refractivity contribution >= 4 is 22.5 Å². The van der Waals surface area contributed by atoms with Gasteiger partial charge in [0.05, 0.1) is 16.9 Å². The summed E-state index contributed by atoms with van der Waals surface area (Å²) in [6, 6.07) is 4.26. The molecule has 0 saturated carbocycles. The minimum absolute atomic E-state index is 0.442. The zero-order valence-electron chi connectivity index (χ0n) is 12.6. The van der Waals surface area contributed by atoms with Gasteiger partial charge >= 0.3 is 5.76 Å². The van der Waals surface area contributed by atoms with E-state index in [-0.39, 0.29) is 0 Å². The highest BCUT2D eigenvalue weighted by Crippen LogP contribution is 2.29. The molecule has 0 amide bonds. The molecule has 0 radical (unpaired) electrons. The predicted molar refractivity (Wildman–Crippen MR) is 84.8 cm³/mol. The first-order valence-corrected chi connectivity index (χ1v) is 7.50. The van der Waals surface area contributed by atoms with Gasteiger partial charge in [-0.1, -0.05) is 6.92 Å². The number of nitrogens with two attached hydrogens (primary N) is 1. The van der Waals surface area contributed by atoms with Crippen LogP contribution in [-0.4, -0.2) is 42.1 Å². The van der Waals surface area contributed by atoms with Gasteiger partial charge in [-0.3, -0.25) is 9.88 Å². The molecule has 6 nitrogen and oxygen atoms in total. The third-order valence-electron chi connectivity index (χ3n) is 4.44. The van der Waals surface area contributed by atoms with Crippen LogP contribution >= 0.6 is 0 Å². The van der Waals surface area contributed by atoms with E-state index < -0.39 is 5.76 Å². The van der Waals surface area contributed by atoms with Crippen LogP contribution in [0.25, 0.3) is 11.1 Å². The number of nitrogen functional groups attached to an aromatic ring is 1. The number of benzene rings is 1. The van der Waals surface area contributed by atoms with Gasteiger partial charge in [0.1, 0.15) is 0 Å². The van der Waals surface area contributed by atoms with Crippen molar-refractivity contribution in [3.8, 4) is 0 Å². The molecular weight excluding hydrogens is 268 g/mol. The molecule has 1 aromatic carbocycles. The first-order valence-electron chi connectivity index (χ1n) is 7.50. The first-order chi connectivity index (χ1) is 10.1. The molecule has 114 valence electrons. The second-order valence-electron chi connectivity index (χ2n) is 5.70. The van der Waals surface area contributed by atoms with Gasteiger partial charge in [0.25, 0.3) is 0 Å². The second kappa shape index (κ2) is 5.44. The van der Waals surface area contributed by atoms with Crippen LogP contribution < -0.4 is 16.4 Å². The summed E-state index contributed by atoms with van der Waals surface area (Å²) in [5, 5.41) is 0.